The summed E-state index contributed by atoms with van der Waals surface area (Å²) in [6.07, 6.45) is 6.51. The smallest absolute Gasteiger partial charge is 0.128 e. The molecule has 0 aliphatic carbocycles. The fraction of sp³-hybridized carbons (Fsp3) is 0.375. The summed E-state index contributed by atoms with van der Waals surface area (Å²) in [4.78, 5) is 8.50. The van der Waals surface area contributed by atoms with Crippen LogP contribution in [0.4, 0.5) is 5.82 Å². The van der Waals surface area contributed by atoms with Crippen molar-refractivity contribution in [1.82, 2.24) is 15.3 Å². The molecule has 2 rings (SSSR count). The molecule has 1 atom stereocenters. The van der Waals surface area contributed by atoms with E-state index in [0.29, 0.717) is 5.82 Å². The van der Waals surface area contributed by atoms with Gasteiger partial charge in [0, 0.05) is 24.2 Å². The molecule has 0 aromatic carbocycles. The van der Waals surface area contributed by atoms with Crippen LogP contribution in [0, 0.1) is 6.92 Å². The molecule has 2 aromatic heterocycles. The van der Waals surface area contributed by atoms with Gasteiger partial charge in [0.05, 0.1) is 6.04 Å². The molecule has 0 aliphatic rings. The first kappa shape index (κ1) is 14.5. The number of hydrogen-bond acceptors (Lipinski definition) is 4. The summed E-state index contributed by atoms with van der Waals surface area (Å²) in [7, 11) is 0. The highest BCUT2D eigenvalue weighted by Crippen LogP contribution is 2.28. The second-order valence-corrected chi connectivity index (χ2v) is 4.91. The molecule has 0 bridgehead atoms. The Hall–Kier alpha value is -1.94. The molecule has 0 spiro atoms. The van der Waals surface area contributed by atoms with Crippen LogP contribution in [-0.4, -0.2) is 16.5 Å². The van der Waals surface area contributed by atoms with Gasteiger partial charge in [-0.05, 0) is 48.7 Å². The van der Waals surface area contributed by atoms with Crippen molar-refractivity contribution in [2.75, 3.05) is 12.3 Å². The highest BCUT2D eigenvalue weighted by Gasteiger charge is 2.19. The van der Waals surface area contributed by atoms with Crippen molar-refractivity contribution >= 4 is 5.82 Å². The molecule has 0 saturated carbocycles. The molecule has 0 aliphatic heterocycles. The zero-order valence-electron chi connectivity index (χ0n) is 12.4. The lowest BCUT2D eigenvalue weighted by Crippen LogP contribution is -2.24. The van der Waals surface area contributed by atoms with Crippen molar-refractivity contribution in [2.45, 2.75) is 33.2 Å². The van der Waals surface area contributed by atoms with E-state index in [1.54, 1.807) is 6.20 Å². The number of nitrogen functional groups attached to an aromatic ring is 1. The minimum Gasteiger partial charge on any atom is -0.383 e. The maximum Gasteiger partial charge on any atom is 0.128 e. The Morgan fingerprint density at radius 3 is 2.75 bits per heavy atom. The lowest BCUT2D eigenvalue weighted by molar-refractivity contribution is 0.624. The van der Waals surface area contributed by atoms with E-state index in [1.807, 2.05) is 19.3 Å². The first-order chi connectivity index (χ1) is 9.67. The minimum absolute atomic E-state index is 0.0605. The molecule has 3 N–H and O–H groups in total. The quantitative estimate of drug-likeness (QED) is 0.876. The summed E-state index contributed by atoms with van der Waals surface area (Å²) in [6.45, 7) is 7.14. The molecule has 0 fully saturated rings. The van der Waals surface area contributed by atoms with Crippen molar-refractivity contribution in [2.24, 2.45) is 0 Å². The third kappa shape index (κ3) is 2.96. The standard InChI is InChI=1S/C16H22N4/c1-4-12-10-18-7-6-13(12)15(19-5-2)14-8-11(3)9-20-16(14)17/h6-10,15,19H,4-5H2,1-3H3,(H2,17,20). The van der Waals surface area contributed by atoms with Crippen LogP contribution in [0.2, 0.25) is 0 Å². The van der Waals surface area contributed by atoms with E-state index >= 15 is 0 Å². The number of aromatic nitrogens is 2. The van der Waals surface area contributed by atoms with Crippen molar-refractivity contribution in [3.8, 4) is 0 Å². The lowest BCUT2D eigenvalue weighted by atomic mass is 9.94. The van der Waals surface area contributed by atoms with Gasteiger partial charge >= 0.3 is 0 Å². The fourth-order valence-corrected chi connectivity index (χ4v) is 2.44. The first-order valence-electron chi connectivity index (χ1n) is 7.05. The number of rotatable bonds is 5. The van der Waals surface area contributed by atoms with Crippen LogP contribution in [0.1, 0.15) is 42.1 Å². The molecule has 0 amide bonds. The number of hydrogen-bond donors (Lipinski definition) is 2. The third-order valence-corrected chi connectivity index (χ3v) is 3.44. The summed E-state index contributed by atoms with van der Waals surface area (Å²) < 4.78 is 0. The topological polar surface area (TPSA) is 63.8 Å². The Balaban J connectivity index is 2.53. The van der Waals surface area contributed by atoms with E-state index in [4.69, 9.17) is 5.73 Å². The van der Waals surface area contributed by atoms with Crippen molar-refractivity contribution < 1.29 is 0 Å². The number of anilines is 1. The Bertz CT molecular complexity index is 580. The second kappa shape index (κ2) is 6.48. The summed E-state index contributed by atoms with van der Waals surface area (Å²) >= 11 is 0. The van der Waals surface area contributed by atoms with E-state index < -0.39 is 0 Å². The Morgan fingerprint density at radius 2 is 2.05 bits per heavy atom. The van der Waals surface area contributed by atoms with Gasteiger partial charge in [-0.2, -0.15) is 0 Å². The van der Waals surface area contributed by atoms with Gasteiger partial charge in [0.2, 0.25) is 0 Å². The third-order valence-electron chi connectivity index (χ3n) is 3.44. The molecule has 1 unspecified atom stereocenters. The van der Waals surface area contributed by atoms with Crippen LogP contribution in [0.15, 0.2) is 30.7 Å². The average molecular weight is 270 g/mol. The highest BCUT2D eigenvalue weighted by atomic mass is 14.9. The predicted molar refractivity (Wildman–Crippen MR) is 82.5 cm³/mol. The molecule has 2 heterocycles. The van der Waals surface area contributed by atoms with Crippen molar-refractivity contribution in [3.63, 3.8) is 0 Å². The zero-order chi connectivity index (χ0) is 14.5. The molecule has 4 nitrogen and oxygen atoms in total. The summed E-state index contributed by atoms with van der Waals surface area (Å²) in [5.74, 6) is 0.584. The first-order valence-corrected chi connectivity index (χ1v) is 7.05. The maximum atomic E-state index is 6.08. The van der Waals surface area contributed by atoms with Crippen LogP contribution in [-0.2, 0) is 6.42 Å². The molecule has 2 aromatic rings. The molecule has 4 heteroatoms. The van der Waals surface area contributed by atoms with E-state index in [0.717, 1.165) is 24.1 Å². The van der Waals surface area contributed by atoms with Gasteiger partial charge in [-0.3, -0.25) is 4.98 Å². The summed E-state index contributed by atoms with van der Waals surface area (Å²) in [6, 6.07) is 4.23. The van der Waals surface area contributed by atoms with E-state index in [1.165, 1.54) is 11.1 Å². The molecule has 0 radical (unpaired) electrons. The van der Waals surface area contributed by atoms with E-state index in [2.05, 4.69) is 41.3 Å². The van der Waals surface area contributed by atoms with E-state index in [9.17, 15) is 0 Å². The number of nitrogens with two attached hydrogens (primary N) is 1. The largest absolute Gasteiger partial charge is 0.383 e. The van der Waals surface area contributed by atoms with Gasteiger partial charge in [0.1, 0.15) is 5.82 Å². The van der Waals surface area contributed by atoms with Crippen LogP contribution >= 0.6 is 0 Å². The summed E-state index contributed by atoms with van der Waals surface area (Å²) in [5.41, 5.74) is 10.7. The van der Waals surface area contributed by atoms with Crippen LogP contribution in [0.5, 0.6) is 0 Å². The Kier molecular flexibility index (Phi) is 4.69. The molecule has 0 saturated heterocycles. The normalized spacial score (nSPS) is 12.3. The van der Waals surface area contributed by atoms with Gasteiger partial charge in [-0.25, -0.2) is 4.98 Å². The van der Waals surface area contributed by atoms with Gasteiger partial charge in [-0.15, -0.1) is 0 Å². The second-order valence-electron chi connectivity index (χ2n) is 4.91. The minimum atomic E-state index is 0.0605. The summed E-state index contributed by atoms with van der Waals surface area (Å²) in [5, 5.41) is 3.51. The number of nitrogens with zero attached hydrogens (tertiary/aromatic N) is 2. The number of pyridine rings is 2. The highest BCUT2D eigenvalue weighted by molar-refractivity contribution is 5.48. The van der Waals surface area contributed by atoms with Crippen LogP contribution in [0.3, 0.4) is 0 Å². The lowest BCUT2D eigenvalue weighted by Gasteiger charge is -2.22. The SMILES string of the molecule is CCNC(c1ccncc1CC)c1cc(C)cnc1N. The van der Waals surface area contributed by atoms with Crippen molar-refractivity contribution in [1.29, 1.82) is 0 Å². The van der Waals surface area contributed by atoms with Crippen molar-refractivity contribution in [3.05, 3.63) is 53.0 Å². The Labute approximate surface area is 120 Å². The van der Waals surface area contributed by atoms with Gasteiger partial charge in [0.25, 0.3) is 0 Å². The van der Waals surface area contributed by atoms with Gasteiger partial charge in [-0.1, -0.05) is 13.8 Å². The van der Waals surface area contributed by atoms with Crippen LogP contribution < -0.4 is 11.1 Å². The van der Waals surface area contributed by atoms with E-state index in [-0.39, 0.29) is 6.04 Å². The zero-order valence-corrected chi connectivity index (χ0v) is 12.4. The van der Waals surface area contributed by atoms with Crippen LogP contribution in [0.25, 0.3) is 0 Å². The molecule has 20 heavy (non-hydrogen) atoms. The number of nitrogens with one attached hydrogen (secondary N) is 1. The molecular weight excluding hydrogens is 248 g/mol. The monoisotopic (exact) mass is 270 g/mol. The molecule has 106 valence electrons. The van der Waals surface area contributed by atoms with Gasteiger partial charge in [0.15, 0.2) is 0 Å². The predicted octanol–water partition coefficient (Wildman–Crippen LogP) is 2.63. The maximum absolute atomic E-state index is 6.08. The Morgan fingerprint density at radius 1 is 1.25 bits per heavy atom. The molecular formula is C16H22N4. The number of aryl methyl sites for hydroxylation is 2. The fourth-order valence-electron chi connectivity index (χ4n) is 2.44. The average Bonchev–Trinajstić information content (AvgIpc) is 2.47. The van der Waals surface area contributed by atoms with Gasteiger partial charge < -0.3 is 11.1 Å².